The van der Waals surface area contributed by atoms with Gasteiger partial charge in [0.25, 0.3) is 0 Å². The van der Waals surface area contributed by atoms with Crippen molar-refractivity contribution >= 4 is 0 Å². The van der Waals surface area contributed by atoms with E-state index in [0.29, 0.717) is 0 Å². The lowest BCUT2D eigenvalue weighted by Gasteiger charge is -2.19. The highest BCUT2D eigenvalue weighted by molar-refractivity contribution is 5.28. The number of aromatic amines is 1. The van der Waals surface area contributed by atoms with Gasteiger partial charge in [0.2, 0.25) is 0 Å². The quantitative estimate of drug-likeness (QED) is 0.625. The maximum absolute atomic E-state index is 4.36. The smallest absolute Gasteiger partial charge is 0.116 e. The summed E-state index contributed by atoms with van der Waals surface area (Å²) in [5.74, 6) is 1.99. The first-order valence-corrected chi connectivity index (χ1v) is 4.58. The lowest BCUT2D eigenvalue weighted by atomic mass is 9.87. The first-order chi connectivity index (χ1) is 5.89. The summed E-state index contributed by atoms with van der Waals surface area (Å²) in [7, 11) is 0. The number of rotatable bonds is 1. The molecule has 1 aromatic heterocycles. The standard InChI is InChI=1S/C10H12N2/c1-3-10(4-2-8(1)7-10)9-11-5-6-12-9/h1,3,5-6,8H,2,4,7H2,(H,11,12). The highest BCUT2D eigenvalue weighted by Gasteiger charge is 2.43. The van der Waals surface area contributed by atoms with E-state index in [-0.39, 0.29) is 5.41 Å². The molecule has 2 atom stereocenters. The number of H-pyrrole nitrogens is 1. The van der Waals surface area contributed by atoms with Crippen LogP contribution in [0, 0.1) is 5.92 Å². The number of hydrogen-bond acceptors (Lipinski definition) is 1. The minimum absolute atomic E-state index is 0.286. The van der Waals surface area contributed by atoms with Gasteiger partial charge in [0.05, 0.1) is 0 Å². The van der Waals surface area contributed by atoms with Crippen LogP contribution in [0.4, 0.5) is 0 Å². The average molecular weight is 160 g/mol. The van der Waals surface area contributed by atoms with Crippen LogP contribution in [0.15, 0.2) is 24.5 Å². The fraction of sp³-hybridized carbons (Fsp3) is 0.500. The van der Waals surface area contributed by atoms with Crippen molar-refractivity contribution in [2.45, 2.75) is 24.7 Å². The Morgan fingerprint density at radius 3 is 3.08 bits per heavy atom. The molecule has 1 heterocycles. The van der Waals surface area contributed by atoms with Gasteiger partial charge in [0.15, 0.2) is 0 Å². The van der Waals surface area contributed by atoms with E-state index in [4.69, 9.17) is 0 Å². The Bertz CT molecular complexity index is 313. The summed E-state index contributed by atoms with van der Waals surface area (Å²) in [5.41, 5.74) is 0.286. The molecule has 2 bridgehead atoms. The molecular weight excluding hydrogens is 148 g/mol. The normalized spacial score (nSPS) is 37.8. The molecule has 1 N–H and O–H groups in total. The SMILES string of the molecule is C1=CC2(c3ncc[nH]3)CCC1C2. The van der Waals surface area contributed by atoms with Crippen LogP contribution < -0.4 is 0 Å². The number of fused-ring (bicyclic) bond motifs is 2. The molecule has 62 valence electrons. The third-order valence-corrected chi connectivity index (χ3v) is 3.24. The van der Waals surface area contributed by atoms with E-state index in [0.717, 1.165) is 5.92 Å². The Labute approximate surface area is 71.7 Å². The number of nitrogens with zero attached hydrogens (tertiary/aromatic N) is 1. The Hall–Kier alpha value is -1.05. The van der Waals surface area contributed by atoms with Crippen LogP contribution in [0.3, 0.4) is 0 Å². The Kier molecular flexibility index (Phi) is 1.08. The van der Waals surface area contributed by atoms with Gasteiger partial charge in [-0.05, 0) is 25.2 Å². The maximum atomic E-state index is 4.36. The van der Waals surface area contributed by atoms with E-state index < -0.39 is 0 Å². The molecule has 3 rings (SSSR count). The summed E-state index contributed by atoms with van der Waals surface area (Å²) in [5, 5.41) is 0. The van der Waals surface area contributed by atoms with Crippen molar-refractivity contribution in [1.29, 1.82) is 0 Å². The molecule has 2 aliphatic rings. The second kappa shape index (κ2) is 2.00. The zero-order valence-electron chi connectivity index (χ0n) is 6.96. The highest BCUT2D eigenvalue weighted by Crippen LogP contribution is 2.49. The monoisotopic (exact) mass is 160 g/mol. The van der Waals surface area contributed by atoms with E-state index in [1.54, 1.807) is 0 Å². The number of hydrogen-bond donors (Lipinski definition) is 1. The molecule has 0 aliphatic heterocycles. The second-order valence-corrected chi connectivity index (χ2v) is 3.96. The minimum atomic E-state index is 0.286. The van der Waals surface area contributed by atoms with Crippen molar-refractivity contribution in [1.82, 2.24) is 9.97 Å². The van der Waals surface area contributed by atoms with Gasteiger partial charge in [-0.2, -0.15) is 0 Å². The number of imidazole rings is 1. The molecule has 0 aromatic carbocycles. The molecular formula is C10H12N2. The Morgan fingerprint density at radius 1 is 1.58 bits per heavy atom. The number of nitrogens with one attached hydrogen (secondary N) is 1. The van der Waals surface area contributed by atoms with Crippen molar-refractivity contribution in [3.8, 4) is 0 Å². The highest BCUT2D eigenvalue weighted by atomic mass is 14.9. The van der Waals surface area contributed by atoms with Crippen LogP contribution in [0.1, 0.15) is 25.1 Å². The summed E-state index contributed by atoms with van der Waals surface area (Å²) in [6, 6.07) is 0. The Balaban J connectivity index is 2.07. The first-order valence-electron chi connectivity index (χ1n) is 4.58. The van der Waals surface area contributed by atoms with Gasteiger partial charge in [-0.3, -0.25) is 0 Å². The predicted octanol–water partition coefficient (Wildman–Crippen LogP) is 2.02. The van der Waals surface area contributed by atoms with Crippen molar-refractivity contribution in [3.63, 3.8) is 0 Å². The number of aromatic nitrogens is 2. The molecule has 2 heteroatoms. The molecule has 2 aliphatic carbocycles. The molecule has 1 fully saturated rings. The largest absolute Gasteiger partial charge is 0.348 e. The van der Waals surface area contributed by atoms with E-state index in [1.807, 2.05) is 12.4 Å². The maximum Gasteiger partial charge on any atom is 0.116 e. The van der Waals surface area contributed by atoms with Crippen LogP contribution in [0.2, 0.25) is 0 Å². The van der Waals surface area contributed by atoms with Crippen molar-refractivity contribution in [3.05, 3.63) is 30.4 Å². The van der Waals surface area contributed by atoms with Crippen LogP contribution in [-0.2, 0) is 5.41 Å². The van der Waals surface area contributed by atoms with E-state index in [2.05, 4.69) is 22.1 Å². The van der Waals surface area contributed by atoms with Gasteiger partial charge >= 0.3 is 0 Å². The van der Waals surface area contributed by atoms with Gasteiger partial charge in [0, 0.05) is 17.8 Å². The third-order valence-electron chi connectivity index (χ3n) is 3.24. The third kappa shape index (κ3) is 0.675. The molecule has 0 amide bonds. The molecule has 1 aromatic rings. The van der Waals surface area contributed by atoms with Crippen LogP contribution in [0.25, 0.3) is 0 Å². The topological polar surface area (TPSA) is 28.7 Å². The minimum Gasteiger partial charge on any atom is -0.348 e. The second-order valence-electron chi connectivity index (χ2n) is 3.96. The summed E-state index contributed by atoms with van der Waals surface area (Å²) < 4.78 is 0. The molecule has 0 radical (unpaired) electrons. The molecule has 2 nitrogen and oxygen atoms in total. The van der Waals surface area contributed by atoms with Gasteiger partial charge < -0.3 is 4.98 Å². The van der Waals surface area contributed by atoms with E-state index in [9.17, 15) is 0 Å². The fourth-order valence-electron chi connectivity index (χ4n) is 2.58. The van der Waals surface area contributed by atoms with E-state index in [1.165, 1.54) is 25.1 Å². The lowest BCUT2D eigenvalue weighted by molar-refractivity contribution is 0.534. The Morgan fingerprint density at radius 2 is 2.58 bits per heavy atom. The molecule has 1 saturated carbocycles. The van der Waals surface area contributed by atoms with Crippen LogP contribution in [0.5, 0.6) is 0 Å². The van der Waals surface area contributed by atoms with Crippen molar-refractivity contribution in [2.75, 3.05) is 0 Å². The summed E-state index contributed by atoms with van der Waals surface area (Å²) in [4.78, 5) is 7.60. The zero-order valence-corrected chi connectivity index (χ0v) is 6.96. The van der Waals surface area contributed by atoms with Crippen LogP contribution in [-0.4, -0.2) is 9.97 Å². The van der Waals surface area contributed by atoms with Crippen molar-refractivity contribution in [2.24, 2.45) is 5.92 Å². The first kappa shape index (κ1) is 6.46. The molecule has 0 spiro atoms. The zero-order chi connectivity index (χ0) is 8.02. The van der Waals surface area contributed by atoms with Gasteiger partial charge in [-0.1, -0.05) is 12.2 Å². The molecule has 2 unspecified atom stereocenters. The number of allylic oxidation sites excluding steroid dienone is 2. The van der Waals surface area contributed by atoms with Gasteiger partial charge in [0.1, 0.15) is 5.82 Å². The van der Waals surface area contributed by atoms with Crippen molar-refractivity contribution < 1.29 is 0 Å². The predicted molar refractivity (Wildman–Crippen MR) is 46.7 cm³/mol. The van der Waals surface area contributed by atoms with Crippen LogP contribution >= 0.6 is 0 Å². The summed E-state index contributed by atoms with van der Waals surface area (Å²) >= 11 is 0. The summed E-state index contributed by atoms with van der Waals surface area (Å²) in [6.45, 7) is 0. The average Bonchev–Trinajstić information content (AvgIpc) is 2.82. The van der Waals surface area contributed by atoms with E-state index >= 15 is 0 Å². The fourth-order valence-corrected chi connectivity index (χ4v) is 2.58. The van der Waals surface area contributed by atoms with Gasteiger partial charge in [-0.25, -0.2) is 4.98 Å². The lowest BCUT2D eigenvalue weighted by Crippen LogP contribution is -2.19. The molecule has 0 saturated heterocycles. The van der Waals surface area contributed by atoms with Gasteiger partial charge in [-0.15, -0.1) is 0 Å². The molecule has 12 heavy (non-hydrogen) atoms. The summed E-state index contributed by atoms with van der Waals surface area (Å²) in [6.07, 6.45) is 12.4.